The van der Waals surface area contributed by atoms with E-state index in [1.54, 1.807) is 0 Å². The third-order valence-corrected chi connectivity index (χ3v) is 5.71. The van der Waals surface area contributed by atoms with Crippen LogP contribution in [0.5, 0.6) is 0 Å². The largest absolute Gasteiger partial charge is 0.337 e. The molecular weight excluding hydrogens is 352 g/mol. The van der Waals surface area contributed by atoms with Crippen molar-refractivity contribution >= 4 is 39.8 Å². The molecule has 2 rings (SSSR count). The first-order valence-electron chi connectivity index (χ1n) is 8.39. The molecule has 1 aromatic carbocycles. The van der Waals surface area contributed by atoms with Gasteiger partial charge in [0, 0.05) is 17.8 Å². The summed E-state index contributed by atoms with van der Waals surface area (Å²) in [4.78, 5) is 14.3. The fourth-order valence-corrected chi connectivity index (χ4v) is 4.39. The Kier molecular flexibility index (Phi) is 6.84. The first-order chi connectivity index (χ1) is 11.8. The summed E-state index contributed by atoms with van der Waals surface area (Å²) in [6.45, 7) is 12.3. The predicted molar refractivity (Wildman–Crippen MR) is 107 cm³/mol. The number of benzene rings is 1. The molecule has 2 aromatic rings. The van der Waals surface area contributed by atoms with Crippen LogP contribution < -0.4 is 5.32 Å². The summed E-state index contributed by atoms with van der Waals surface area (Å²) in [5, 5.41) is 12.4. The molecule has 0 atom stereocenters. The van der Waals surface area contributed by atoms with Crippen molar-refractivity contribution < 1.29 is 4.79 Å². The summed E-state index contributed by atoms with van der Waals surface area (Å²) in [7, 11) is 0. The minimum atomic E-state index is 0.133. The van der Waals surface area contributed by atoms with Gasteiger partial charge >= 0.3 is 0 Å². The van der Waals surface area contributed by atoms with Crippen LogP contribution in [0.4, 0.5) is 10.8 Å². The lowest BCUT2D eigenvalue weighted by Gasteiger charge is -2.30. The molecule has 0 radical (unpaired) electrons. The molecule has 0 fully saturated rings. The van der Waals surface area contributed by atoms with E-state index in [2.05, 4.69) is 41.5 Å². The summed E-state index contributed by atoms with van der Waals surface area (Å²) in [6.07, 6.45) is 0. The highest BCUT2D eigenvalue weighted by atomic mass is 32.2. The number of rotatable bonds is 7. The van der Waals surface area contributed by atoms with Gasteiger partial charge in [0.05, 0.1) is 5.75 Å². The van der Waals surface area contributed by atoms with E-state index in [4.69, 9.17) is 0 Å². The van der Waals surface area contributed by atoms with Crippen LogP contribution in [0, 0.1) is 13.8 Å². The molecule has 25 heavy (non-hydrogen) atoms. The highest BCUT2D eigenvalue weighted by Crippen LogP contribution is 2.29. The molecule has 7 heteroatoms. The Balaban J connectivity index is 1.96. The zero-order valence-electron chi connectivity index (χ0n) is 15.7. The summed E-state index contributed by atoms with van der Waals surface area (Å²) >= 11 is 2.91. The molecular formula is C18H26N4OS2. The number of amides is 1. The van der Waals surface area contributed by atoms with Gasteiger partial charge in [0.15, 0.2) is 4.34 Å². The summed E-state index contributed by atoms with van der Waals surface area (Å²) < 4.78 is 0.799. The number of nitrogens with zero attached hydrogens (tertiary/aromatic N) is 3. The van der Waals surface area contributed by atoms with Gasteiger partial charge in [-0.25, -0.2) is 0 Å². The van der Waals surface area contributed by atoms with Crippen molar-refractivity contribution in [2.24, 2.45) is 0 Å². The lowest BCUT2D eigenvalue weighted by molar-refractivity contribution is -0.131. The first kappa shape index (κ1) is 19.7. The molecule has 1 heterocycles. The number of nitrogens with one attached hydrogen (secondary N) is 1. The minimum Gasteiger partial charge on any atom is -0.337 e. The van der Waals surface area contributed by atoms with Gasteiger partial charge in [-0.1, -0.05) is 40.8 Å². The lowest BCUT2D eigenvalue weighted by Crippen LogP contribution is -2.43. The van der Waals surface area contributed by atoms with Crippen LogP contribution in [0.2, 0.25) is 0 Å². The quantitative estimate of drug-likeness (QED) is 0.712. The third kappa shape index (κ3) is 5.44. The van der Waals surface area contributed by atoms with E-state index >= 15 is 0 Å². The molecule has 1 aromatic heterocycles. The van der Waals surface area contributed by atoms with Crippen molar-refractivity contribution in [3.05, 3.63) is 29.3 Å². The van der Waals surface area contributed by atoms with E-state index in [0.29, 0.717) is 5.75 Å². The molecule has 1 N–H and O–H groups in total. The molecule has 0 unspecified atom stereocenters. The zero-order valence-corrected chi connectivity index (χ0v) is 17.3. The van der Waals surface area contributed by atoms with Crippen LogP contribution in [0.25, 0.3) is 0 Å². The van der Waals surface area contributed by atoms with Crippen molar-refractivity contribution in [3.8, 4) is 0 Å². The highest BCUT2D eigenvalue weighted by molar-refractivity contribution is 8.01. The zero-order chi connectivity index (χ0) is 18.6. The van der Waals surface area contributed by atoms with E-state index in [9.17, 15) is 4.79 Å². The van der Waals surface area contributed by atoms with Gasteiger partial charge in [0.1, 0.15) is 0 Å². The van der Waals surface area contributed by atoms with Crippen LogP contribution in [-0.2, 0) is 4.79 Å². The van der Waals surface area contributed by atoms with E-state index in [-0.39, 0.29) is 18.0 Å². The number of carbonyl (C=O) groups excluding carboxylic acids is 1. The molecule has 1 amide bonds. The van der Waals surface area contributed by atoms with Gasteiger partial charge in [0.2, 0.25) is 11.0 Å². The SMILES string of the molecule is Cc1ccc(Nc2nnc(SCC(=O)N(C(C)C)C(C)C)s2)c(C)c1. The minimum absolute atomic E-state index is 0.133. The van der Waals surface area contributed by atoms with E-state index in [1.165, 1.54) is 34.2 Å². The van der Waals surface area contributed by atoms with Gasteiger partial charge in [-0.15, -0.1) is 10.2 Å². The first-order valence-corrected chi connectivity index (χ1v) is 10.2. The highest BCUT2D eigenvalue weighted by Gasteiger charge is 2.20. The Labute approximate surface area is 158 Å². The Hall–Kier alpha value is -1.60. The van der Waals surface area contributed by atoms with Gasteiger partial charge in [-0.05, 0) is 53.2 Å². The number of aromatic nitrogens is 2. The predicted octanol–water partition coefficient (Wildman–Crippen LogP) is 4.64. The summed E-state index contributed by atoms with van der Waals surface area (Å²) in [5.41, 5.74) is 3.43. The van der Waals surface area contributed by atoms with Crippen LogP contribution in [0.1, 0.15) is 38.8 Å². The van der Waals surface area contributed by atoms with E-state index in [0.717, 1.165) is 15.2 Å². The van der Waals surface area contributed by atoms with Crippen LogP contribution >= 0.6 is 23.1 Å². The molecule has 0 aliphatic heterocycles. The normalized spacial score (nSPS) is 11.2. The maximum atomic E-state index is 12.4. The van der Waals surface area contributed by atoms with Gasteiger partial charge in [-0.3, -0.25) is 4.79 Å². The number of aryl methyl sites for hydroxylation is 2. The Morgan fingerprint density at radius 3 is 2.48 bits per heavy atom. The van der Waals surface area contributed by atoms with E-state index < -0.39 is 0 Å². The molecule has 0 saturated carbocycles. The molecule has 0 spiro atoms. The van der Waals surface area contributed by atoms with Crippen molar-refractivity contribution in [1.82, 2.24) is 15.1 Å². The van der Waals surface area contributed by atoms with Crippen molar-refractivity contribution in [3.63, 3.8) is 0 Å². The maximum Gasteiger partial charge on any atom is 0.233 e. The number of hydrogen-bond donors (Lipinski definition) is 1. The number of carbonyl (C=O) groups is 1. The second kappa shape index (κ2) is 8.67. The Morgan fingerprint density at radius 1 is 1.20 bits per heavy atom. The topological polar surface area (TPSA) is 58.1 Å². The summed E-state index contributed by atoms with van der Waals surface area (Å²) in [5.74, 6) is 0.517. The average Bonchev–Trinajstić information content (AvgIpc) is 2.95. The second-order valence-electron chi connectivity index (χ2n) is 6.59. The van der Waals surface area contributed by atoms with Gasteiger partial charge in [-0.2, -0.15) is 0 Å². The molecule has 0 aliphatic carbocycles. The van der Waals surface area contributed by atoms with Crippen LogP contribution in [0.15, 0.2) is 22.5 Å². The Bertz CT molecular complexity index is 720. The second-order valence-corrected chi connectivity index (χ2v) is 8.79. The fourth-order valence-electron chi connectivity index (χ4n) is 2.76. The van der Waals surface area contributed by atoms with Gasteiger partial charge < -0.3 is 10.2 Å². The van der Waals surface area contributed by atoms with Crippen LogP contribution in [0.3, 0.4) is 0 Å². The van der Waals surface area contributed by atoms with Gasteiger partial charge in [0.25, 0.3) is 0 Å². The summed E-state index contributed by atoms with van der Waals surface area (Å²) in [6, 6.07) is 6.64. The standard InChI is InChI=1S/C18H26N4OS2/c1-11(2)22(12(3)4)16(23)10-24-18-21-20-17(25-18)19-15-8-7-13(5)9-14(15)6/h7-9,11-12H,10H2,1-6H3,(H,19,20). The number of hydrogen-bond acceptors (Lipinski definition) is 6. The number of thioether (sulfide) groups is 1. The fraction of sp³-hybridized carbons (Fsp3) is 0.500. The monoisotopic (exact) mass is 378 g/mol. The Morgan fingerprint density at radius 2 is 1.88 bits per heavy atom. The average molecular weight is 379 g/mol. The molecule has 0 aliphatic rings. The van der Waals surface area contributed by atoms with E-state index in [1.807, 2.05) is 38.7 Å². The lowest BCUT2D eigenvalue weighted by atomic mass is 10.1. The number of anilines is 2. The third-order valence-electron chi connectivity index (χ3n) is 3.75. The van der Waals surface area contributed by atoms with Crippen molar-refractivity contribution in [2.75, 3.05) is 11.1 Å². The molecule has 0 bridgehead atoms. The van der Waals surface area contributed by atoms with Crippen LogP contribution in [-0.4, -0.2) is 38.8 Å². The smallest absolute Gasteiger partial charge is 0.233 e. The van der Waals surface area contributed by atoms with Crippen molar-refractivity contribution in [1.29, 1.82) is 0 Å². The molecule has 136 valence electrons. The maximum absolute atomic E-state index is 12.4. The van der Waals surface area contributed by atoms with Crippen molar-refractivity contribution in [2.45, 2.75) is 58.0 Å². The molecule has 0 saturated heterocycles. The molecule has 5 nitrogen and oxygen atoms in total.